The summed E-state index contributed by atoms with van der Waals surface area (Å²) in [4.78, 5) is 7.19. The lowest BCUT2D eigenvalue weighted by Gasteiger charge is -2.37. The Balaban J connectivity index is 1.62. The van der Waals surface area contributed by atoms with Crippen molar-refractivity contribution >= 4 is 28.9 Å². The van der Waals surface area contributed by atoms with E-state index in [2.05, 4.69) is 59.0 Å². The first-order chi connectivity index (χ1) is 15.5. The largest absolute Gasteiger partial charge is 0.352 e. The molecule has 3 aromatic rings. The van der Waals surface area contributed by atoms with Crippen LogP contribution in [0.15, 0.2) is 54.7 Å². The smallest absolute Gasteiger partial charge is 0.170 e. The van der Waals surface area contributed by atoms with Gasteiger partial charge in [-0.2, -0.15) is 0 Å². The molecule has 4 nitrogen and oxygen atoms in total. The SMILES string of the molecule is Cc1cc([C@H]2[C@@H](c3ccccn3)NC(=S)N2C2CCCCC2)c(C)n1-c1ccc(Cl)cc1. The summed E-state index contributed by atoms with van der Waals surface area (Å²) in [5, 5.41) is 5.24. The Labute approximate surface area is 200 Å². The van der Waals surface area contributed by atoms with Gasteiger partial charge in [0.25, 0.3) is 0 Å². The molecule has 1 aromatic carbocycles. The third kappa shape index (κ3) is 3.82. The number of aromatic nitrogens is 2. The van der Waals surface area contributed by atoms with Gasteiger partial charge in [0.2, 0.25) is 0 Å². The summed E-state index contributed by atoms with van der Waals surface area (Å²) in [6.07, 6.45) is 8.14. The summed E-state index contributed by atoms with van der Waals surface area (Å²) in [7, 11) is 0. The molecule has 1 saturated heterocycles. The Kier molecular flexibility index (Phi) is 5.95. The van der Waals surface area contributed by atoms with Crippen LogP contribution in [-0.2, 0) is 0 Å². The molecule has 0 unspecified atom stereocenters. The Morgan fingerprint density at radius 1 is 1.03 bits per heavy atom. The number of pyridine rings is 1. The van der Waals surface area contributed by atoms with Crippen LogP contribution in [0.25, 0.3) is 5.69 Å². The third-order valence-electron chi connectivity index (χ3n) is 6.98. The minimum Gasteiger partial charge on any atom is -0.352 e. The predicted molar refractivity (Wildman–Crippen MR) is 134 cm³/mol. The maximum absolute atomic E-state index is 6.15. The first-order valence-electron chi connectivity index (χ1n) is 11.5. The molecule has 1 aliphatic heterocycles. The molecule has 3 heterocycles. The van der Waals surface area contributed by atoms with E-state index in [4.69, 9.17) is 28.8 Å². The fourth-order valence-electron chi connectivity index (χ4n) is 5.53. The van der Waals surface area contributed by atoms with E-state index in [0.717, 1.165) is 21.5 Å². The van der Waals surface area contributed by atoms with Crippen molar-refractivity contribution in [2.24, 2.45) is 0 Å². The van der Waals surface area contributed by atoms with Crippen LogP contribution >= 0.6 is 23.8 Å². The van der Waals surface area contributed by atoms with Gasteiger partial charge in [-0.1, -0.05) is 36.9 Å². The van der Waals surface area contributed by atoms with Gasteiger partial charge in [-0.15, -0.1) is 0 Å². The van der Waals surface area contributed by atoms with E-state index in [1.807, 2.05) is 24.4 Å². The van der Waals surface area contributed by atoms with Crippen LogP contribution in [0.1, 0.15) is 66.8 Å². The minimum atomic E-state index is 0.0322. The molecule has 2 aliphatic rings. The molecule has 0 radical (unpaired) electrons. The van der Waals surface area contributed by atoms with E-state index in [0.29, 0.717) is 6.04 Å². The van der Waals surface area contributed by atoms with Crippen molar-refractivity contribution in [3.05, 3.63) is 82.4 Å². The molecule has 2 atom stereocenters. The normalized spacial score (nSPS) is 21.7. The number of rotatable bonds is 4. The molecule has 2 fully saturated rings. The van der Waals surface area contributed by atoms with Crippen molar-refractivity contribution in [2.45, 2.75) is 64.1 Å². The molecule has 0 spiro atoms. The van der Waals surface area contributed by atoms with Crippen molar-refractivity contribution in [3.63, 3.8) is 0 Å². The van der Waals surface area contributed by atoms with Crippen LogP contribution < -0.4 is 5.32 Å². The molecule has 1 N–H and O–H groups in total. The highest BCUT2D eigenvalue weighted by Gasteiger charge is 2.44. The zero-order chi connectivity index (χ0) is 22.2. The molecular formula is C26H29ClN4S. The van der Waals surface area contributed by atoms with Gasteiger partial charge in [0, 0.05) is 34.3 Å². The second-order valence-corrected chi connectivity index (χ2v) is 9.79. The average molecular weight is 465 g/mol. The Morgan fingerprint density at radius 3 is 2.47 bits per heavy atom. The van der Waals surface area contributed by atoms with Crippen LogP contribution in [0.2, 0.25) is 5.02 Å². The Morgan fingerprint density at radius 2 is 1.78 bits per heavy atom. The zero-order valence-corrected chi connectivity index (χ0v) is 20.2. The van der Waals surface area contributed by atoms with E-state index in [1.165, 1.54) is 49.1 Å². The van der Waals surface area contributed by atoms with Crippen molar-refractivity contribution in [1.82, 2.24) is 19.8 Å². The van der Waals surface area contributed by atoms with Gasteiger partial charge in [0.15, 0.2) is 5.11 Å². The molecular weight excluding hydrogens is 436 g/mol. The summed E-state index contributed by atoms with van der Waals surface area (Å²) < 4.78 is 2.32. The summed E-state index contributed by atoms with van der Waals surface area (Å²) >= 11 is 12.1. The van der Waals surface area contributed by atoms with Crippen molar-refractivity contribution < 1.29 is 0 Å². The molecule has 6 heteroatoms. The first-order valence-corrected chi connectivity index (χ1v) is 12.3. The Bertz CT molecular complexity index is 1100. The molecule has 166 valence electrons. The number of thiocarbonyl (C=S) groups is 1. The standard InChI is InChI=1S/C26H29ClN4S/c1-17-16-22(18(2)30(17)21-13-11-19(27)12-14-21)25-24(23-10-6-7-15-28-23)29-26(32)31(25)20-8-4-3-5-9-20/h6-7,10-16,20,24-25H,3-5,8-9H2,1-2H3,(H,29,32)/t24-,25+/m1/s1. The van der Waals surface area contributed by atoms with Gasteiger partial charge < -0.3 is 14.8 Å². The van der Waals surface area contributed by atoms with E-state index in [9.17, 15) is 0 Å². The summed E-state index contributed by atoms with van der Waals surface area (Å²) in [5.74, 6) is 0. The molecule has 32 heavy (non-hydrogen) atoms. The highest BCUT2D eigenvalue weighted by Crippen LogP contribution is 2.44. The summed E-state index contributed by atoms with van der Waals surface area (Å²) in [6, 6.07) is 17.2. The van der Waals surface area contributed by atoms with E-state index in [1.54, 1.807) is 0 Å². The van der Waals surface area contributed by atoms with Crippen LogP contribution in [0.3, 0.4) is 0 Å². The van der Waals surface area contributed by atoms with Crippen LogP contribution in [-0.4, -0.2) is 25.6 Å². The van der Waals surface area contributed by atoms with Gasteiger partial charge in [0.1, 0.15) is 0 Å². The lowest BCUT2D eigenvalue weighted by atomic mass is 9.90. The van der Waals surface area contributed by atoms with Gasteiger partial charge >= 0.3 is 0 Å². The summed E-state index contributed by atoms with van der Waals surface area (Å²) in [6.45, 7) is 4.39. The summed E-state index contributed by atoms with van der Waals surface area (Å²) in [5.41, 5.74) is 5.92. The van der Waals surface area contributed by atoms with Crippen molar-refractivity contribution in [3.8, 4) is 5.69 Å². The molecule has 0 bridgehead atoms. The van der Waals surface area contributed by atoms with Crippen molar-refractivity contribution in [2.75, 3.05) is 0 Å². The lowest BCUT2D eigenvalue weighted by Crippen LogP contribution is -2.40. The third-order valence-corrected chi connectivity index (χ3v) is 7.56. The quantitative estimate of drug-likeness (QED) is 0.450. The highest BCUT2D eigenvalue weighted by atomic mass is 35.5. The van der Waals surface area contributed by atoms with E-state index < -0.39 is 0 Å². The monoisotopic (exact) mass is 464 g/mol. The number of aryl methyl sites for hydroxylation is 1. The minimum absolute atomic E-state index is 0.0322. The fraction of sp³-hybridized carbons (Fsp3) is 0.385. The van der Waals surface area contributed by atoms with Gasteiger partial charge in [-0.05, 0) is 86.9 Å². The number of nitrogens with zero attached hydrogens (tertiary/aromatic N) is 3. The molecule has 5 rings (SSSR count). The van der Waals surface area contributed by atoms with Crippen LogP contribution in [0.5, 0.6) is 0 Å². The fourth-order valence-corrected chi connectivity index (χ4v) is 6.04. The highest BCUT2D eigenvalue weighted by molar-refractivity contribution is 7.80. The molecule has 2 aromatic heterocycles. The topological polar surface area (TPSA) is 33.1 Å². The molecule has 0 amide bonds. The lowest BCUT2D eigenvalue weighted by molar-refractivity contribution is 0.197. The van der Waals surface area contributed by atoms with Gasteiger partial charge in [-0.3, -0.25) is 4.98 Å². The number of hydrogen-bond donors (Lipinski definition) is 1. The molecule has 1 aliphatic carbocycles. The predicted octanol–water partition coefficient (Wildman–Crippen LogP) is 6.45. The van der Waals surface area contributed by atoms with Crippen LogP contribution in [0, 0.1) is 13.8 Å². The number of halogens is 1. The first kappa shape index (κ1) is 21.5. The Hall–Kier alpha value is -2.37. The van der Waals surface area contributed by atoms with Gasteiger partial charge in [0.05, 0.1) is 17.8 Å². The number of nitrogens with one attached hydrogen (secondary N) is 1. The van der Waals surface area contributed by atoms with Crippen molar-refractivity contribution in [1.29, 1.82) is 0 Å². The van der Waals surface area contributed by atoms with E-state index >= 15 is 0 Å². The van der Waals surface area contributed by atoms with Gasteiger partial charge in [-0.25, -0.2) is 0 Å². The second kappa shape index (κ2) is 8.87. The molecule has 1 saturated carbocycles. The zero-order valence-electron chi connectivity index (χ0n) is 18.6. The van der Waals surface area contributed by atoms with E-state index in [-0.39, 0.29) is 12.1 Å². The second-order valence-electron chi connectivity index (χ2n) is 8.96. The maximum atomic E-state index is 6.15. The number of hydrogen-bond acceptors (Lipinski definition) is 2. The van der Waals surface area contributed by atoms with Crippen LogP contribution in [0.4, 0.5) is 0 Å². The number of benzene rings is 1. The maximum Gasteiger partial charge on any atom is 0.170 e. The average Bonchev–Trinajstić information content (AvgIpc) is 3.31.